The lowest BCUT2D eigenvalue weighted by Crippen LogP contribution is -2.33. The second-order valence-corrected chi connectivity index (χ2v) is 4.48. The van der Waals surface area contributed by atoms with Crippen LogP contribution in [0.25, 0.3) is 0 Å². The van der Waals surface area contributed by atoms with Gasteiger partial charge in [0.25, 0.3) is 5.91 Å². The number of carbonyl (C=O) groups excluding carboxylic acids is 1. The van der Waals surface area contributed by atoms with Crippen molar-refractivity contribution in [1.82, 2.24) is 14.9 Å². The first-order valence-corrected chi connectivity index (χ1v) is 5.52. The summed E-state index contributed by atoms with van der Waals surface area (Å²) in [6.45, 7) is 2.84. The zero-order valence-electron chi connectivity index (χ0n) is 7.88. The van der Waals surface area contributed by atoms with Crippen molar-refractivity contribution in [2.75, 3.05) is 12.3 Å². The minimum Gasteiger partial charge on any atom is -0.325 e. The summed E-state index contributed by atoms with van der Waals surface area (Å²) in [6, 6.07) is 0. The number of amides is 1. The lowest BCUT2D eigenvalue weighted by Gasteiger charge is -2.19. The van der Waals surface area contributed by atoms with Crippen LogP contribution >= 0.6 is 11.8 Å². The normalized spacial score (nSPS) is 21.2. The van der Waals surface area contributed by atoms with Crippen molar-refractivity contribution in [3.8, 4) is 0 Å². The van der Waals surface area contributed by atoms with Crippen LogP contribution < -0.4 is 0 Å². The number of hydrogen-bond donors (Lipinski definition) is 0. The van der Waals surface area contributed by atoms with E-state index in [1.165, 1.54) is 6.20 Å². The molecule has 0 saturated carbocycles. The van der Waals surface area contributed by atoms with Gasteiger partial charge in [0.15, 0.2) is 0 Å². The topological polar surface area (TPSA) is 46.1 Å². The number of aromatic nitrogens is 2. The van der Waals surface area contributed by atoms with Gasteiger partial charge < -0.3 is 4.90 Å². The minimum atomic E-state index is -0.0180. The van der Waals surface area contributed by atoms with Gasteiger partial charge in [-0.1, -0.05) is 0 Å². The fourth-order valence-electron chi connectivity index (χ4n) is 1.42. The van der Waals surface area contributed by atoms with Crippen molar-refractivity contribution < 1.29 is 4.79 Å². The van der Waals surface area contributed by atoms with E-state index in [1.807, 2.05) is 11.8 Å². The molecule has 1 aromatic rings. The number of thioether (sulfide) groups is 1. The van der Waals surface area contributed by atoms with E-state index in [2.05, 4.69) is 9.97 Å². The molecule has 0 radical (unpaired) electrons. The summed E-state index contributed by atoms with van der Waals surface area (Å²) in [5, 5.41) is 0.254. The molecule has 2 rings (SSSR count). The summed E-state index contributed by atoms with van der Waals surface area (Å²) in [4.78, 5) is 21.6. The molecule has 0 aliphatic carbocycles. The molecule has 4 nitrogen and oxygen atoms in total. The van der Waals surface area contributed by atoms with Crippen molar-refractivity contribution in [1.29, 1.82) is 0 Å². The second kappa shape index (κ2) is 3.96. The highest BCUT2D eigenvalue weighted by Gasteiger charge is 2.27. The van der Waals surface area contributed by atoms with Gasteiger partial charge in [-0.05, 0) is 6.92 Å². The predicted molar refractivity (Wildman–Crippen MR) is 55.0 cm³/mol. The standard InChI is InChI=1S/C9H11N3OS/c1-7-12(4-5-14-7)9(13)8-6-10-2-3-11-8/h2-3,6-7H,4-5H2,1H3. The van der Waals surface area contributed by atoms with Crippen LogP contribution in [0.15, 0.2) is 18.6 Å². The van der Waals surface area contributed by atoms with Crippen LogP contribution in [0.1, 0.15) is 17.4 Å². The molecule has 0 bridgehead atoms. The van der Waals surface area contributed by atoms with E-state index in [4.69, 9.17) is 0 Å². The third-order valence-electron chi connectivity index (χ3n) is 2.17. The molecule has 5 heteroatoms. The third kappa shape index (κ3) is 1.72. The Hall–Kier alpha value is -1.10. The SMILES string of the molecule is CC1SCCN1C(=O)c1cnccn1. The Morgan fingerprint density at radius 1 is 1.64 bits per heavy atom. The molecule has 0 spiro atoms. The van der Waals surface area contributed by atoms with E-state index in [0.29, 0.717) is 5.69 Å². The van der Waals surface area contributed by atoms with E-state index in [-0.39, 0.29) is 11.3 Å². The maximum atomic E-state index is 11.9. The molecule has 1 aliphatic rings. The monoisotopic (exact) mass is 209 g/mol. The number of nitrogens with zero attached hydrogens (tertiary/aromatic N) is 3. The molecule has 0 aromatic carbocycles. The predicted octanol–water partition coefficient (Wildman–Crippen LogP) is 1.01. The molecular formula is C9H11N3OS. The van der Waals surface area contributed by atoms with Crippen LogP contribution in [0.4, 0.5) is 0 Å². The van der Waals surface area contributed by atoms with Crippen LogP contribution in [0.3, 0.4) is 0 Å². The van der Waals surface area contributed by atoms with Gasteiger partial charge in [0.05, 0.1) is 11.6 Å². The Labute approximate surface area is 86.7 Å². The van der Waals surface area contributed by atoms with Crippen molar-refractivity contribution in [3.05, 3.63) is 24.3 Å². The first-order valence-electron chi connectivity index (χ1n) is 4.47. The summed E-state index contributed by atoms with van der Waals surface area (Å²) in [5.41, 5.74) is 0.432. The Morgan fingerprint density at radius 2 is 2.50 bits per heavy atom. The van der Waals surface area contributed by atoms with Crippen molar-refractivity contribution >= 4 is 17.7 Å². The fraction of sp³-hybridized carbons (Fsp3) is 0.444. The van der Waals surface area contributed by atoms with E-state index in [1.54, 1.807) is 24.2 Å². The molecule has 1 aliphatic heterocycles. The lowest BCUT2D eigenvalue weighted by atomic mass is 10.3. The highest BCUT2D eigenvalue weighted by Crippen LogP contribution is 2.23. The zero-order chi connectivity index (χ0) is 9.97. The highest BCUT2D eigenvalue weighted by atomic mass is 32.2. The van der Waals surface area contributed by atoms with Crippen LogP contribution in [-0.4, -0.2) is 38.4 Å². The largest absolute Gasteiger partial charge is 0.325 e. The van der Waals surface area contributed by atoms with Crippen LogP contribution in [0, 0.1) is 0 Å². The van der Waals surface area contributed by atoms with Crippen molar-refractivity contribution in [2.45, 2.75) is 12.3 Å². The van der Waals surface area contributed by atoms with Gasteiger partial charge in [0.1, 0.15) is 5.69 Å². The van der Waals surface area contributed by atoms with Gasteiger partial charge in [-0.3, -0.25) is 9.78 Å². The van der Waals surface area contributed by atoms with E-state index >= 15 is 0 Å². The maximum absolute atomic E-state index is 11.9. The van der Waals surface area contributed by atoms with Gasteiger partial charge in [-0.15, -0.1) is 11.8 Å². The molecule has 2 heterocycles. The summed E-state index contributed by atoms with van der Waals surface area (Å²) in [7, 11) is 0. The second-order valence-electron chi connectivity index (χ2n) is 3.06. The molecule has 1 unspecified atom stereocenters. The van der Waals surface area contributed by atoms with Gasteiger partial charge in [0, 0.05) is 24.7 Å². The molecule has 74 valence electrons. The van der Waals surface area contributed by atoms with E-state index in [9.17, 15) is 4.79 Å². The number of carbonyl (C=O) groups is 1. The molecular weight excluding hydrogens is 198 g/mol. The Kier molecular flexibility index (Phi) is 2.67. The summed E-state index contributed by atoms with van der Waals surface area (Å²) in [5.74, 6) is 0.989. The van der Waals surface area contributed by atoms with E-state index in [0.717, 1.165) is 12.3 Å². The van der Waals surface area contributed by atoms with Gasteiger partial charge in [0.2, 0.25) is 0 Å². The van der Waals surface area contributed by atoms with Gasteiger partial charge in [-0.2, -0.15) is 0 Å². The summed E-state index contributed by atoms with van der Waals surface area (Å²) in [6.07, 6.45) is 4.62. The van der Waals surface area contributed by atoms with Crippen LogP contribution in [-0.2, 0) is 0 Å². The average molecular weight is 209 g/mol. The van der Waals surface area contributed by atoms with Crippen molar-refractivity contribution in [2.24, 2.45) is 0 Å². The molecule has 14 heavy (non-hydrogen) atoms. The first kappa shape index (κ1) is 9.45. The number of hydrogen-bond acceptors (Lipinski definition) is 4. The third-order valence-corrected chi connectivity index (χ3v) is 3.33. The van der Waals surface area contributed by atoms with Crippen molar-refractivity contribution in [3.63, 3.8) is 0 Å². The smallest absolute Gasteiger partial charge is 0.274 e. The molecule has 1 aromatic heterocycles. The fourth-order valence-corrected chi connectivity index (χ4v) is 2.44. The lowest BCUT2D eigenvalue weighted by molar-refractivity contribution is 0.0762. The summed E-state index contributed by atoms with van der Waals surface area (Å²) >= 11 is 1.79. The zero-order valence-corrected chi connectivity index (χ0v) is 8.70. The summed E-state index contributed by atoms with van der Waals surface area (Å²) < 4.78 is 0. The van der Waals surface area contributed by atoms with Crippen LogP contribution in [0.5, 0.6) is 0 Å². The Morgan fingerprint density at radius 3 is 3.07 bits per heavy atom. The Bertz CT molecular complexity index is 330. The highest BCUT2D eigenvalue weighted by molar-refractivity contribution is 8.00. The number of rotatable bonds is 1. The van der Waals surface area contributed by atoms with E-state index < -0.39 is 0 Å². The molecule has 1 fully saturated rings. The van der Waals surface area contributed by atoms with Crippen LogP contribution in [0.2, 0.25) is 0 Å². The molecule has 1 atom stereocenters. The molecule has 0 N–H and O–H groups in total. The Balaban J connectivity index is 2.16. The van der Waals surface area contributed by atoms with Gasteiger partial charge >= 0.3 is 0 Å². The molecule has 1 saturated heterocycles. The first-order chi connectivity index (χ1) is 6.79. The average Bonchev–Trinajstić information content (AvgIpc) is 2.65. The molecule has 1 amide bonds. The van der Waals surface area contributed by atoms with Gasteiger partial charge in [-0.25, -0.2) is 4.98 Å². The maximum Gasteiger partial charge on any atom is 0.274 e. The quantitative estimate of drug-likeness (QED) is 0.692. The minimum absolute atomic E-state index is 0.0180.